The Morgan fingerprint density at radius 2 is 1.88 bits per heavy atom. The summed E-state index contributed by atoms with van der Waals surface area (Å²) >= 11 is 0. The maximum absolute atomic E-state index is 12.7. The van der Waals surface area contributed by atoms with Crippen LogP contribution in [0.2, 0.25) is 0 Å². The fourth-order valence-corrected chi connectivity index (χ4v) is 4.35. The molecule has 33 heavy (non-hydrogen) atoms. The lowest BCUT2D eigenvalue weighted by Gasteiger charge is -2.38. The second-order valence-electron chi connectivity index (χ2n) is 8.68. The minimum atomic E-state index is -0.442. The quantitative estimate of drug-likeness (QED) is 0.411. The molecule has 0 spiro atoms. The van der Waals surface area contributed by atoms with Crippen molar-refractivity contribution in [1.29, 1.82) is 0 Å². The molecule has 2 atom stereocenters. The third-order valence-corrected chi connectivity index (χ3v) is 6.03. The number of amides is 1. The van der Waals surface area contributed by atoms with Gasteiger partial charge in [0.1, 0.15) is 5.75 Å². The highest BCUT2D eigenvalue weighted by Crippen LogP contribution is 2.23. The van der Waals surface area contributed by atoms with Crippen LogP contribution in [-0.4, -0.2) is 52.9 Å². The Morgan fingerprint density at radius 3 is 2.67 bits per heavy atom. The lowest BCUT2D eigenvalue weighted by Crippen LogP contribution is -2.48. The summed E-state index contributed by atoms with van der Waals surface area (Å²) in [6, 6.07) is 4.95. The maximum Gasteiger partial charge on any atom is 0.338 e. The second kappa shape index (κ2) is 12.2. The Balaban J connectivity index is 1.77. The number of piperidine rings is 1. The molecule has 7 heteroatoms. The van der Waals surface area contributed by atoms with E-state index in [0.717, 1.165) is 32.1 Å². The van der Waals surface area contributed by atoms with Crippen molar-refractivity contribution in [3.8, 4) is 5.75 Å². The molecule has 1 saturated heterocycles. The fraction of sp³-hybridized carbons (Fsp3) is 0.500. The number of esters is 1. The Labute approximate surface area is 195 Å². The zero-order valence-electron chi connectivity index (χ0n) is 19.5. The Morgan fingerprint density at radius 1 is 1.15 bits per heavy atom. The van der Waals surface area contributed by atoms with Gasteiger partial charge in [-0.1, -0.05) is 23.4 Å². The standard InChI is InChI=1S/C26H34N2O5/c1-19-10-9-11-20(2)28(19)25(30)18-33-27-22-12-7-5-3-4-6-8-15-32-26(31)24-14-13-23(29)17-21(24)16-22/h4,6-7,12-14,17,19-20,29H,3,5,8-11,15-16,18H2,1-2H3/b6-4+,12-7+,27-22+. The molecule has 0 aliphatic carbocycles. The Kier molecular flexibility index (Phi) is 9.10. The lowest BCUT2D eigenvalue weighted by atomic mass is 9.97. The predicted molar refractivity (Wildman–Crippen MR) is 127 cm³/mol. The maximum atomic E-state index is 12.7. The van der Waals surface area contributed by atoms with Crippen LogP contribution in [0.1, 0.15) is 68.3 Å². The van der Waals surface area contributed by atoms with E-state index in [9.17, 15) is 14.7 Å². The number of nitrogens with zero attached hydrogens (tertiary/aromatic N) is 2. The molecule has 1 amide bonds. The Hall–Kier alpha value is -3.09. The number of likely N-dealkylation sites (tertiary alicyclic amines) is 1. The summed E-state index contributed by atoms with van der Waals surface area (Å²) in [7, 11) is 0. The molecule has 2 heterocycles. The molecule has 7 nitrogen and oxygen atoms in total. The average molecular weight is 455 g/mol. The first-order chi connectivity index (χ1) is 16.0. The van der Waals surface area contributed by atoms with E-state index in [1.54, 1.807) is 6.07 Å². The average Bonchev–Trinajstić information content (AvgIpc) is 2.77. The van der Waals surface area contributed by atoms with Gasteiger partial charge < -0.3 is 19.6 Å². The molecule has 0 radical (unpaired) electrons. The van der Waals surface area contributed by atoms with Crippen molar-refractivity contribution >= 4 is 17.6 Å². The van der Waals surface area contributed by atoms with Crippen molar-refractivity contribution in [3.05, 3.63) is 53.6 Å². The van der Waals surface area contributed by atoms with Crippen molar-refractivity contribution in [2.75, 3.05) is 13.2 Å². The van der Waals surface area contributed by atoms with Crippen LogP contribution in [-0.2, 0) is 20.8 Å². The molecule has 3 rings (SSSR count). The van der Waals surface area contributed by atoms with Crippen molar-refractivity contribution < 1.29 is 24.3 Å². The van der Waals surface area contributed by atoms with Crippen LogP contribution in [0.5, 0.6) is 5.75 Å². The molecular weight excluding hydrogens is 420 g/mol. The number of phenols is 1. The number of fused-ring (bicyclic) bond motifs is 1. The normalized spacial score (nSPS) is 25.5. The van der Waals surface area contributed by atoms with Gasteiger partial charge in [-0.2, -0.15) is 0 Å². The molecular formula is C26H34N2O5. The van der Waals surface area contributed by atoms with Crippen molar-refractivity contribution in [1.82, 2.24) is 4.90 Å². The Bertz CT molecular complexity index is 911. The van der Waals surface area contributed by atoms with Gasteiger partial charge in [-0.15, -0.1) is 0 Å². The van der Waals surface area contributed by atoms with Gasteiger partial charge in [-0.05, 0) is 82.2 Å². The second-order valence-corrected chi connectivity index (χ2v) is 8.68. The first kappa shape index (κ1) is 24.6. The molecule has 0 aromatic heterocycles. The van der Waals surface area contributed by atoms with E-state index in [4.69, 9.17) is 9.57 Å². The monoisotopic (exact) mass is 454 g/mol. The van der Waals surface area contributed by atoms with Gasteiger partial charge in [-0.25, -0.2) is 4.79 Å². The van der Waals surface area contributed by atoms with Crippen LogP contribution < -0.4 is 0 Å². The smallest absolute Gasteiger partial charge is 0.338 e. The zero-order valence-corrected chi connectivity index (χ0v) is 19.5. The van der Waals surface area contributed by atoms with E-state index in [1.807, 2.05) is 23.1 Å². The minimum absolute atomic E-state index is 0.0538. The van der Waals surface area contributed by atoms with E-state index in [-0.39, 0.29) is 36.8 Å². The van der Waals surface area contributed by atoms with E-state index in [2.05, 4.69) is 25.1 Å². The van der Waals surface area contributed by atoms with Crippen molar-refractivity contribution in [2.24, 2.45) is 5.16 Å². The topological polar surface area (TPSA) is 88.4 Å². The van der Waals surface area contributed by atoms with Gasteiger partial charge in [0, 0.05) is 18.5 Å². The third kappa shape index (κ3) is 7.20. The summed E-state index contributed by atoms with van der Waals surface area (Å²) in [5, 5.41) is 14.2. The van der Waals surface area contributed by atoms with Gasteiger partial charge in [0.05, 0.1) is 17.9 Å². The number of rotatable bonds is 3. The molecule has 0 bridgehead atoms. The molecule has 2 aliphatic heterocycles. The zero-order chi connectivity index (χ0) is 23.6. The van der Waals surface area contributed by atoms with Crippen LogP contribution in [0.25, 0.3) is 0 Å². The minimum Gasteiger partial charge on any atom is -0.508 e. The number of cyclic esters (lactones) is 1. The molecule has 1 N–H and O–H groups in total. The van der Waals surface area contributed by atoms with E-state index >= 15 is 0 Å². The highest BCUT2D eigenvalue weighted by Gasteiger charge is 2.29. The van der Waals surface area contributed by atoms with Crippen LogP contribution in [0.15, 0.2) is 47.7 Å². The number of carbonyl (C=O) groups is 2. The van der Waals surface area contributed by atoms with Gasteiger partial charge in [0.25, 0.3) is 5.91 Å². The highest BCUT2D eigenvalue weighted by atomic mass is 16.6. The largest absolute Gasteiger partial charge is 0.508 e. The van der Waals surface area contributed by atoms with Crippen LogP contribution in [0, 0.1) is 0 Å². The van der Waals surface area contributed by atoms with Crippen molar-refractivity contribution in [2.45, 2.75) is 70.9 Å². The highest BCUT2D eigenvalue weighted by molar-refractivity contribution is 5.99. The third-order valence-electron chi connectivity index (χ3n) is 6.03. The van der Waals surface area contributed by atoms with E-state index < -0.39 is 5.97 Å². The number of aromatic hydroxyl groups is 1. The number of benzene rings is 1. The molecule has 1 aromatic carbocycles. The fourth-order valence-electron chi connectivity index (χ4n) is 4.35. The number of carbonyl (C=O) groups excluding carboxylic acids is 2. The number of oxime groups is 1. The first-order valence-corrected chi connectivity index (χ1v) is 11.8. The number of hydrogen-bond donors (Lipinski definition) is 1. The molecule has 2 unspecified atom stereocenters. The summed E-state index contributed by atoms with van der Waals surface area (Å²) in [6.45, 7) is 4.29. The molecule has 0 saturated carbocycles. The summed E-state index contributed by atoms with van der Waals surface area (Å²) < 4.78 is 5.38. The number of ether oxygens (including phenoxy) is 1. The molecule has 178 valence electrons. The van der Waals surface area contributed by atoms with Crippen molar-refractivity contribution in [3.63, 3.8) is 0 Å². The molecule has 1 aromatic rings. The lowest BCUT2D eigenvalue weighted by molar-refractivity contribution is -0.142. The SMILES string of the molecule is CC1CCCC(C)N1C(=O)CO/N=C1\C=C\CC/C=C/CCOC(=O)c2ccc(O)cc2C1. The molecule has 2 aliphatic rings. The summed E-state index contributed by atoms with van der Waals surface area (Å²) in [4.78, 5) is 32.7. The number of phenolic OH excluding ortho intramolecular Hbond substituents is 1. The van der Waals surface area contributed by atoms with Crippen LogP contribution in [0.3, 0.4) is 0 Å². The van der Waals surface area contributed by atoms with E-state index in [1.165, 1.54) is 12.1 Å². The summed E-state index contributed by atoms with van der Waals surface area (Å²) in [5.41, 5.74) is 1.52. The first-order valence-electron chi connectivity index (χ1n) is 11.8. The summed E-state index contributed by atoms with van der Waals surface area (Å²) in [6.07, 6.45) is 13.6. The number of allylic oxidation sites excluding steroid dienone is 3. The van der Waals surface area contributed by atoms with Gasteiger partial charge >= 0.3 is 5.97 Å². The number of hydrogen-bond acceptors (Lipinski definition) is 6. The van der Waals surface area contributed by atoms with Crippen LogP contribution in [0.4, 0.5) is 0 Å². The van der Waals surface area contributed by atoms with Gasteiger partial charge in [-0.3, -0.25) is 4.79 Å². The van der Waals surface area contributed by atoms with Gasteiger partial charge in [0.2, 0.25) is 0 Å². The van der Waals surface area contributed by atoms with Crippen LogP contribution >= 0.6 is 0 Å². The molecule has 1 fully saturated rings. The van der Waals surface area contributed by atoms with E-state index in [0.29, 0.717) is 29.9 Å². The predicted octanol–water partition coefficient (Wildman–Crippen LogP) is 4.55. The summed E-state index contributed by atoms with van der Waals surface area (Å²) in [5.74, 6) is -0.461. The van der Waals surface area contributed by atoms with Gasteiger partial charge in [0.15, 0.2) is 6.61 Å².